The zero-order chi connectivity index (χ0) is 17.2. The predicted molar refractivity (Wildman–Crippen MR) is 90.3 cm³/mol. The smallest absolute Gasteiger partial charge is 0.276 e. The number of pyridine rings is 1. The van der Waals surface area contributed by atoms with Gasteiger partial charge in [-0.05, 0) is 72.8 Å². The number of nitrogens with two attached hydrogens (primary N) is 1. The van der Waals surface area contributed by atoms with Gasteiger partial charge >= 0.3 is 0 Å². The topological polar surface area (TPSA) is 88.2 Å². The average Bonchev–Trinajstić information content (AvgIpc) is 2.50. The van der Waals surface area contributed by atoms with Gasteiger partial charge in [0.05, 0.1) is 17.3 Å². The van der Waals surface area contributed by atoms with Crippen LogP contribution in [0.15, 0.2) is 18.3 Å². The zero-order valence-electron chi connectivity index (χ0n) is 14.5. The molecule has 130 valence electrons. The maximum atomic E-state index is 11.5. The minimum Gasteiger partial charge on any atom is -0.322 e. The second-order valence-electron chi connectivity index (χ2n) is 9.38. The van der Waals surface area contributed by atoms with E-state index in [0.29, 0.717) is 16.4 Å². The van der Waals surface area contributed by atoms with E-state index in [1.165, 1.54) is 44.7 Å². The zero-order valence-corrected chi connectivity index (χ0v) is 14.5. The van der Waals surface area contributed by atoms with Gasteiger partial charge in [0.1, 0.15) is 0 Å². The van der Waals surface area contributed by atoms with Crippen LogP contribution < -0.4 is 11.2 Å². The Bertz CT molecular complexity index is 654. The number of nitrogens with zero attached hydrogens (tertiary/aromatic N) is 1. The number of nitrogens with one attached hydrogen (secondary N) is 1. The number of amides is 1. The lowest BCUT2D eigenvalue weighted by atomic mass is 9.39. The first-order chi connectivity index (χ1) is 11.3. The summed E-state index contributed by atoms with van der Waals surface area (Å²) in [5, 5.41) is 8.73. The molecule has 3 atom stereocenters. The minimum atomic E-state index is -0.544. The van der Waals surface area contributed by atoms with Crippen LogP contribution in [0.25, 0.3) is 0 Å². The molecule has 1 amide bonds. The van der Waals surface area contributed by atoms with E-state index in [-0.39, 0.29) is 11.5 Å². The van der Waals surface area contributed by atoms with E-state index < -0.39 is 5.91 Å². The molecule has 4 aliphatic rings. The molecule has 1 heterocycles. The Morgan fingerprint density at radius 2 is 1.92 bits per heavy atom. The quantitative estimate of drug-likeness (QED) is 0.587. The first-order valence-electron chi connectivity index (χ1n) is 8.93. The second kappa shape index (κ2) is 5.02. The molecule has 1 aromatic rings. The fourth-order valence-corrected chi connectivity index (χ4v) is 6.98. The van der Waals surface area contributed by atoms with Crippen LogP contribution >= 0.6 is 0 Å². The van der Waals surface area contributed by atoms with E-state index in [0.717, 1.165) is 11.6 Å². The Morgan fingerprint density at radius 3 is 2.42 bits per heavy atom. The monoisotopic (exact) mass is 329 g/mol. The van der Waals surface area contributed by atoms with Crippen molar-refractivity contribution in [2.24, 2.45) is 27.9 Å². The molecule has 3 unspecified atom stereocenters. The van der Waals surface area contributed by atoms with E-state index in [1.807, 2.05) is 6.07 Å². The van der Waals surface area contributed by atoms with Crippen molar-refractivity contribution in [3.8, 4) is 0 Å². The van der Waals surface area contributed by atoms with Crippen LogP contribution in [0.1, 0.15) is 74.5 Å². The van der Waals surface area contributed by atoms with Crippen molar-refractivity contribution in [1.29, 1.82) is 0 Å². The van der Waals surface area contributed by atoms with Gasteiger partial charge in [0.25, 0.3) is 5.91 Å². The van der Waals surface area contributed by atoms with Gasteiger partial charge in [0.15, 0.2) is 0 Å². The van der Waals surface area contributed by atoms with Crippen LogP contribution in [-0.4, -0.2) is 16.1 Å². The van der Waals surface area contributed by atoms with Crippen LogP contribution in [0.5, 0.6) is 0 Å². The molecule has 4 fully saturated rings. The fourth-order valence-electron chi connectivity index (χ4n) is 6.98. The van der Waals surface area contributed by atoms with Crippen LogP contribution in [-0.2, 0) is 0 Å². The molecule has 0 saturated heterocycles. The molecule has 1 aromatic heterocycles. The summed E-state index contributed by atoms with van der Waals surface area (Å²) in [6, 6.07) is 3.45. The summed E-state index contributed by atoms with van der Waals surface area (Å²) in [5.41, 5.74) is 10.6. The Hall–Kier alpha value is -1.46. The van der Waals surface area contributed by atoms with Crippen LogP contribution in [0.4, 0.5) is 0 Å². The molecule has 4 aliphatic carbocycles. The fraction of sp³-hybridized carbons (Fsp3) is 0.684. The lowest BCUT2D eigenvalue weighted by Crippen LogP contribution is -2.58. The summed E-state index contributed by atoms with van der Waals surface area (Å²) < 4.78 is 0. The van der Waals surface area contributed by atoms with Gasteiger partial charge in [0.2, 0.25) is 0 Å². The number of carbonyl (C=O) groups excluding carboxylic acids is 1. The van der Waals surface area contributed by atoms with Gasteiger partial charge in [-0.25, -0.2) is 5.48 Å². The first kappa shape index (κ1) is 16.0. The number of rotatable bonds is 3. The van der Waals surface area contributed by atoms with Gasteiger partial charge in [-0.1, -0.05) is 13.8 Å². The molecular formula is C19H27N3O2. The molecule has 0 aromatic carbocycles. The number of aromatic nitrogens is 1. The van der Waals surface area contributed by atoms with Gasteiger partial charge in [-0.3, -0.25) is 15.0 Å². The largest absolute Gasteiger partial charge is 0.322 e. The molecule has 5 heteroatoms. The second-order valence-corrected chi connectivity index (χ2v) is 9.38. The standard InChI is InChI=1S/C19H27N3O2/c1-17-5-12-6-18(2,9-17)11-19(7-12,10-17)15(20)14-4-3-13(8-21-14)16(23)22-24/h3-4,8,12,15,24H,5-7,9-11,20H2,1-2H3,(H,22,23). The third-order valence-electron chi connectivity index (χ3n) is 6.80. The van der Waals surface area contributed by atoms with Gasteiger partial charge in [0, 0.05) is 6.20 Å². The number of carbonyl (C=O) groups is 1. The van der Waals surface area contributed by atoms with Crippen LogP contribution in [0.3, 0.4) is 0 Å². The van der Waals surface area contributed by atoms with Crippen LogP contribution in [0, 0.1) is 22.2 Å². The van der Waals surface area contributed by atoms with Crippen molar-refractivity contribution >= 4 is 5.91 Å². The van der Waals surface area contributed by atoms with Crippen molar-refractivity contribution in [2.75, 3.05) is 0 Å². The van der Waals surface area contributed by atoms with Gasteiger partial charge in [-0.2, -0.15) is 0 Å². The van der Waals surface area contributed by atoms with Crippen molar-refractivity contribution in [3.05, 3.63) is 29.6 Å². The molecule has 24 heavy (non-hydrogen) atoms. The summed E-state index contributed by atoms with van der Waals surface area (Å²) in [6.45, 7) is 4.89. The number of hydrogen-bond acceptors (Lipinski definition) is 4. The normalized spacial score (nSPS) is 41.2. The van der Waals surface area contributed by atoms with E-state index in [9.17, 15) is 4.79 Å². The van der Waals surface area contributed by atoms with E-state index in [2.05, 4.69) is 18.8 Å². The molecule has 4 bridgehead atoms. The minimum absolute atomic E-state index is 0.0919. The summed E-state index contributed by atoms with van der Waals surface area (Å²) >= 11 is 0. The van der Waals surface area contributed by atoms with Gasteiger partial charge < -0.3 is 5.73 Å². The van der Waals surface area contributed by atoms with Crippen molar-refractivity contribution in [2.45, 2.75) is 58.4 Å². The lowest BCUT2D eigenvalue weighted by molar-refractivity contribution is -0.155. The van der Waals surface area contributed by atoms with E-state index in [4.69, 9.17) is 10.9 Å². The highest BCUT2D eigenvalue weighted by Gasteiger charge is 2.61. The molecular weight excluding hydrogens is 302 g/mol. The first-order valence-corrected chi connectivity index (χ1v) is 8.93. The summed E-state index contributed by atoms with van der Waals surface area (Å²) in [5.74, 6) is 0.249. The summed E-state index contributed by atoms with van der Waals surface area (Å²) in [6.07, 6.45) is 9.11. The lowest BCUT2D eigenvalue weighted by Gasteiger charge is -2.66. The van der Waals surface area contributed by atoms with E-state index in [1.54, 1.807) is 11.5 Å². The molecule has 0 spiro atoms. The molecule has 4 saturated carbocycles. The highest BCUT2D eigenvalue weighted by atomic mass is 16.5. The number of hydroxylamine groups is 1. The third kappa shape index (κ3) is 2.37. The maximum absolute atomic E-state index is 11.5. The highest BCUT2D eigenvalue weighted by molar-refractivity contribution is 5.92. The predicted octanol–water partition coefficient (Wildman–Crippen LogP) is 3.20. The molecule has 4 N–H and O–H groups in total. The highest BCUT2D eigenvalue weighted by Crippen LogP contribution is 2.71. The van der Waals surface area contributed by atoms with Crippen LogP contribution in [0.2, 0.25) is 0 Å². The van der Waals surface area contributed by atoms with Crippen molar-refractivity contribution in [1.82, 2.24) is 10.5 Å². The Kier molecular flexibility index (Phi) is 3.35. The van der Waals surface area contributed by atoms with Crippen molar-refractivity contribution in [3.63, 3.8) is 0 Å². The molecule has 0 aliphatic heterocycles. The molecule has 0 radical (unpaired) electrons. The van der Waals surface area contributed by atoms with E-state index >= 15 is 0 Å². The Balaban J connectivity index is 1.64. The summed E-state index contributed by atoms with van der Waals surface area (Å²) in [4.78, 5) is 15.9. The third-order valence-corrected chi connectivity index (χ3v) is 6.80. The molecule has 5 nitrogen and oxygen atoms in total. The average molecular weight is 329 g/mol. The molecule has 5 rings (SSSR count). The maximum Gasteiger partial charge on any atom is 0.276 e. The van der Waals surface area contributed by atoms with Crippen molar-refractivity contribution < 1.29 is 10.0 Å². The summed E-state index contributed by atoms with van der Waals surface area (Å²) in [7, 11) is 0. The Morgan fingerprint density at radius 1 is 1.25 bits per heavy atom. The van der Waals surface area contributed by atoms with Gasteiger partial charge in [-0.15, -0.1) is 0 Å². The SMILES string of the molecule is CC12CC3CC(C)(C1)CC(C(N)c1ccc(C(=O)NO)cn1)(C3)C2. The number of hydrogen-bond donors (Lipinski definition) is 3. The Labute approximate surface area is 143 Å².